The van der Waals surface area contributed by atoms with Crippen molar-refractivity contribution in [3.05, 3.63) is 82.8 Å². The first-order valence-corrected chi connectivity index (χ1v) is 15.6. The predicted octanol–water partition coefficient (Wildman–Crippen LogP) is 5.55. The minimum atomic E-state index is -1.93. The number of nitrogens with one attached hydrogen (secondary N) is 3. The van der Waals surface area contributed by atoms with E-state index in [2.05, 4.69) is 36.8 Å². The van der Waals surface area contributed by atoms with Gasteiger partial charge in [0.25, 0.3) is 5.91 Å². The van der Waals surface area contributed by atoms with E-state index in [1.807, 2.05) is 44.2 Å². The van der Waals surface area contributed by atoms with E-state index in [9.17, 15) is 14.0 Å². The second-order valence-corrected chi connectivity index (χ2v) is 12.7. The topological polar surface area (TPSA) is 112 Å². The Hall–Kier alpha value is -4.28. The third kappa shape index (κ3) is 5.92. The quantitative estimate of drug-likeness (QED) is 0.224. The van der Waals surface area contributed by atoms with E-state index in [4.69, 9.17) is 16.3 Å². The molecule has 45 heavy (non-hydrogen) atoms. The Labute approximate surface area is 265 Å². The molecular formula is C34H34ClFN6O3. The number of carbonyl (C=O) groups is 2. The Bertz CT molecular complexity index is 1750. The molecule has 3 aliphatic rings. The number of aromatic nitrogens is 3. The molecule has 3 N–H and O–H groups in total. The Kier molecular flexibility index (Phi) is 7.57. The van der Waals surface area contributed by atoms with Crippen LogP contribution in [0.15, 0.2) is 60.8 Å². The smallest absolute Gasteiger partial charge is 0.258 e. The number of benzene rings is 2. The molecule has 2 amide bonds. The summed E-state index contributed by atoms with van der Waals surface area (Å²) in [7, 11) is 0. The number of pyridine rings is 1. The van der Waals surface area contributed by atoms with Crippen LogP contribution in [0.5, 0.6) is 0 Å². The number of alkyl halides is 1. The monoisotopic (exact) mass is 628 g/mol. The summed E-state index contributed by atoms with van der Waals surface area (Å²) >= 11 is 6.64. The van der Waals surface area contributed by atoms with Crippen molar-refractivity contribution in [3.63, 3.8) is 0 Å². The molecule has 1 saturated carbocycles. The molecule has 0 spiro atoms. The minimum absolute atomic E-state index is 0.0803. The summed E-state index contributed by atoms with van der Waals surface area (Å²) in [5.41, 5.74) is 4.93. The van der Waals surface area contributed by atoms with E-state index in [-0.39, 0.29) is 25.4 Å². The lowest BCUT2D eigenvalue weighted by molar-refractivity contribution is -0.131. The van der Waals surface area contributed by atoms with Gasteiger partial charge in [0, 0.05) is 41.1 Å². The van der Waals surface area contributed by atoms with Gasteiger partial charge >= 0.3 is 0 Å². The van der Waals surface area contributed by atoms with Crippen LogP contribution in [0.1, 0.15) is 36.2 Å². The molecule has 3 fully saturated rings. The summed E-state index contributed by atoms with van der Waals surface area (Å²) in [5, 5.41) is 13.2. The Balaban J connectivity index is 1.12. The van der Waals surface area contributed by atoms with Crippen molar-refractivity contribution in [1.82, 2.24) is 20.5 Å². The molecule has 2 bridgehead atoms. The standard InChI is InChI=1S/C34H34ClFN6O3/c1-19-31(20(2)41-40-19)21-3-6-25(7-4-21)38-32(43)29(39-33(44)34(36)10-11-34)14-24-13-22(5-8-28(24)35)23-9-12-37-30(15-23)42-17-27-16-26(42)18-45-27/h3-9,12-13,15,26-27,29H,10-11,14,16-18H2,1-2H3,(H,38,43)(H,39,44)(H,40,41)/t26-,27-,29?/m1/s1. The van der Waals surface area contributed by atoms with E-state index >= 15 is 0 Å². The van der Waals surface area contributed by atoms with Gasteiger partial charge in [-0.25, -0.2) is 9.37 Å². The number of aryl methyl sites for hydroxylation is 2. The van der Waals surface area contributed by atoms with E-state index < -0.39 is 23.5 Å². The van der Waals surface area contributed by atoms with Gasteiger partial charge in [0.1, 0.15) is 11.9 Å². The fourth-order valence-electron chi connectivity index (χ4n) is 6.33. The largest absolute Gasteiger partial charge is 0.374 e. The van der Waals surface area contributed by atoms with Crippen molar-refractivity contribution in [2.45, 2.75) is 63.4 Å². The minimum Gasteiger partial charge on any atom is -0.374 e. The first kappa shape index (κ1) is 29.4. The summed E-state index contributed by atoms with van der Waals surface area (Å²) in [5.74, 6) is -0.347. The molecule has 1 unspecified atom stereocenters. The maximum Gasteiger partial charge on any atom is 0.258 e. The number of nitrogens with zero attached hydrogens (tertiary/aromatic N) is 3. The zero-order chi connectivity index (χ0) is 31.3. The molecule has 2 aromatic carbocycles. The molecule has 11 heteroatoms. The van der Waals surface area contributed by atoms with Gasteiger partial charge in [0.05, 0.1) is 24.4 Å². The highest BCUT2D eigenvalue weighted by molar-refractivity contribution is 6.31. The van der Waals surface area contributed by atoms with Crippen molar-refractivity contribution in [2.75, 3.05) is 23.4 Å². The van der Waals surface area contributed by atoms with Gasteiger partial charge in [0.2, 0.25) is 5.91 Å². The van der Waals surface area contributed by atoms with Crippen LogP contribution >= 0.6 is 11.6 Å². The highest BCUT2D eigenvalue weighted by atomic mass is 35.5. The Morgan fingerprint density at radius 3 is 2.53 bits per heavy atom. The van der Waals surface area contributed by atoms with Crippen LogP contribution < -0.4 is 15.5 Å². The predicted molar refractivity (Wildman–Crippen MR) is 171 cm³/mol. The molecular weight excluding hydrogens is 595 g/mol. The normalized spacial score (nSPS) is 20.2. The fourth-order valence-corrected chi connectivity index (χ4v) is 6.52. The van der Waals surface area contributed by atoms with Crippen molar-refractivity contribution >= 4 is 34.9 Å². The number of carbonyl (C=O) groups excluding carboxylic acids is 2. The molecule has 7 rings (SSSR count). The summed E-state index contributed by atoms with van der Waals surface area (Å²) in [4.78, 5) is 33.3. The van der Waals surface area contributed by atoms with Crippen LogP contribution in [-0.2, 0) is 20.7 Å². The Morgan fingerprint density at radius 1 is 1.11 bits per heavy atom. The van der Waals surface area contributed by atoms with Gasteiger partial charge < -0.3 is 20.3 Å². The maximum absolute atomic E-state index is 14.7. The number of hydrogen-bond acceptors (Lipinski definition) is 6. The summed E-state index contributed by atoms with van der Waals surface area (Å²) in [6, 6.07) is 16.3. The number of rotatable bonds is 9. The molecule has 0 radical (unpaired) electrons. The molecule has 2 saturated heterocycles. The summed E-state index contributed by atoms with van der Waals surface area (Å²) in [6.07, 6.45) is 3.43. The van der Waals surface area contributed by atoms with Gasteiger partial charge in [-0.1, -0.05) is 29.8 Å². The molecule has 1 aliphatic carbocycles. The molecule has 4 heterocycles. The number of amides is 2. The van der Waals surface area contributed by atoms with Gasteiger partial charge in [-0.3, -0.25) is 14.7 Å². The second kappa shape index (κ2) is 11.6. The van der Waals surface area contributed by atoms with Crippen LogP contribution in [-0.4, -0.2) is 64.0 Å². The fraction of sp³-hybridized carbons (Fsp3) is 0.353. The third-order valence-electron chi connectivity index (χ3n) is 9.03. The molecule has 3 atom stereocenters. The number of halogens is 2. The average molecular weight is 629 g/mol. The first-order valence-electron chi connectivity index (χ1n) is 15.2. The van der Waals surface area contributed by atoms with Crippen molar-refractivity contribution < 1.29 is 18.7 Å². The number of hydrogen-bond donors (Lipinski definition) is 3. The molecule has 2 aliphatic heterocycles. The zero-order valence-corrected chi connectivity index (χ0v) is 25.8. The van der Waals surface area contributed by atoms with Gasteiger partial charge in [0.15, 0.2) is 5.67 Å². The number of fused-ring (bicyclic) bond motifs is 2. The molecule has 4 aromatic rings. The lowest BCUT2D eigenvalue weighted by Crippen LogP contribution is -2.48. The van der Waals surface area contributed by atoms with E-state index in [0.29, 0.717) is 28.9 Å². The zero-order valence-electron chi connectivity index (χ0n) is 25.1. The molecule has 2 aromatic heterocycles. The number of morpholine rings is 1. The third-order valence-corrected chi connectivity index (χ3v) is 9.40. The van der Waals surface area contributed by atoms with Crippen molar-refractivity contribution in [3.8, 4) is 22.3 Å². The van der Waals surface area contributed by atoms with E-state index in [0.717, 1.165) is 52.4 Å². The van der Waals surface area contributed by atoms with E-state index in [1.165, 1.54) is 0 Å². The van der Waals surface area contributed by atoms with Crippen LogP contribution in [0.2, 0.25) is 5.02 Å². The number of anilines is 2. The number of aromatic amines is 1. The van der Waals surface area contributed by atoms with Crippen LogP contribution in [0.25, 0.3) is 22.3 Å². The molecule has 232 valence electrons. The first-order chi connectivity index (χ1) is 21.7. The maximum atomic E-state index is 14.7. The highest BCUT2D eigenvalue weighted by Gasteiger charge is 2.51. The van der Waals surface area contributed by atoms with Crippen LogP contribution in [0, 0.1) is 13.8 Å². The molecule has 9 nitrogen and oxygen atoms in total. The van der Waals surface area contributed by atoms with Crippen LogP contribution in [0.4, 0.5) is 15.9 Å². The SMILES string of the molecule is Cc1n[nH]c(C)c1-c1ccc(NC(=O)C(Cc2cc(-c3ccnc(N4C[C@H]5C[C@@H]4CO5)c3)ccc2Cl)NC(=O)C2(F)CC2)cc1. The second-order valence-electron chi connectivity index (χ2n) is 12.3. The van der Waals surface area contributed by atoms with Crippen molar-refractivity contribution in [1.29, 1.82) is 0 Å². The highest BCUT2D eigenvalue weighted by Crippen LogP contribution is 2.40. The van der Waals surface area contributed by atoms with Crippen molar-refractivity contribution in [2.24, 2.45) is 0 Å². The lowest BCUT2D eigenvalue weighted by Gasteiger charge is -2.28. The van der Waals surface area contributed by atoms with Crippen LogP contribution in [0.3, 0.4) is 0 Å². The number of ether oxygens (including phenoxy) is 1. The average Bonchev–Trinajstić information content (AvgIpc) is 3.32. The van der Waals surface area contributed by atoms with E-state index in [1.54, 1.807) is 24.4 Å². The lowest BCUT2D eigenvalue weighted by atomic mass is 9.98. The Morgan fingerprint density at radius 2 is 1.87 bits per heavy atom. The van der Waals surface area contributed by atoms with Gasteiger partial charge in [-0.05, 0) is 91.8 Å². The summed E-state index contributed by atoms with van der Waals surface area (Å²) in [6.45, 7) is 5.42. The summed E-state index contributed by atoms with van der Waals surface area (Å²) < 4.78 is 20.5. The van der Waals surface area contributed by atoms with Gasteiger partial charge in [-0.15, -0.1) is 0 Å². The number of H-pyrrole nitrogens is 1. The van der Waals surface area contributed by atoms with Gasteiger partial charge in [-0.2, -0.15) is 5.10 Å².